The Balaban J connectivity index is 1.47. The molecule has 1 saturated heterocycles. The van der Waals surface area contributed by atoms with E-state index in [1.807, 2.05) is 6.07 Å². The van der Waals surface area contributed by atoms with Gasteiger partial charge < -0.3 is 4.90 Å². The first kappa shape index (κ1) is 20.0. The Hall–Kier alpha value is -2.93. The largest absolute Gasteiger partial charge is 0.338 e. The third-order valence-corrected chi connectivity index (χ3v) is 6.71. The minimum Gasteiger partial charge on any atom is -0.338 e. The number of hydrogen-bond acceptors (Lipinski definition) is 4. The number of benzene rings is 1. The first-order valence-electron chi connectivity index (χ1n) is 11.2. The lowest BCUT2D eigenvalue weighted by Crippen LogP contribution is -2.39. The Labute approximate surface area is 181 Å². The van der Waals surface area contributed by atoms with E-state index in [1.165, 1.54) is 24.0 Å². The van der Waals surface area contributed by atoms with E-state index in [4.69, 9.17) is 4.98 Å². The Bertz CT molecular complexity index is 1180. The summed E-state index contributed by atoms with van der Waals surface area (Å²) in [6.45, 7) is 6.56. The molecular formula is C24H29N5O2. The summed E-state index contributed by atoms with van der Waals surface area (Å²) in [6.07, 6.45) is 4.06. The van der Waals surface area contributed by atoms with Gasteiger partial charge in [-0.25, -0.2) is 9.50 Å². The number of H-pyrrole nitrogens is 1. The number of nitrogens with zero attached hydrogens (tertiary/aromatic N) is 4. The normalized spacial score (nSPS) is 19.5. The molecule has 3 aromatic rings. The van der Waals surface area contributed by atoms with Gasteiger partial charge in [-0.15, -0.1) is 0 Å². The first-order chi connectivity index (χ1) is 15.0. The molecule has 7 nitrogen and oxygen atoms in total. The van der Waals surface area contributed by atoms with E-state index in [2.05, 4.69) is 41.2 Å². The van der Waals surface area contributed by atoms with Gasteiger partial charge >= 0.3 is 0 Å². The number of rotatable bonds is 3. The lowest BCUT2D eigenvalue weighted by atomic mass is 9.98. The van der Waals surface area contributed by atoms with Gasteiger partial charge in [0.1, 0.15) is 0 Å². The molecule has 1 N–H and O–H groups in total. The van der Waals surface area contributed by atoms with Gasteiger partial charge in [-0.05, 0) is 31.9 Å². The van der Waals surface area contributed by atoms with Gasteiger partial charge in [0.05, 0.1) is 29.5 Å². The lowest BCUT2D eigenvalue weighted by molar-refractivity contribution is -0.129. The number of aromatic amines is 1. The fourth-order valence-corrected chi connectivity index (χ4v) is 4.90. The van der Waals surface area contributed by atoms with Crippen LogP contribution in [0.25, 0.3) is 5.65 Å². The summed E-state index contributed by atoms with van der Waals surface area (Å²) in [5, 5.41) is 3.35. The zero-order valence-electron chi connectivity index (χ0n) is 18.2. The predicted octanol–water partition coefficient (Wildman–Crippen LogP) is 2.96. The third-order valence-electron chi connectivity index (χ3n) is 6.71. The molecule has 0 aliphatic carbocycles. The van der Waals surface area contributed by atoms with Gasteiger partial charge in [-0.1, -0.05) is 36.2 Å². The summed E-state index contributed by atoms with van der Waals surface area (Å²) in [5.41, 5.74) is 5.67. The summed E-state index contributed by atoms with van der Waals surface area (Å²) in [5.74, 6) is -0.00345. The van der Waals surface area contributed by atoms with Crippen LogP contribution in [0.2, 0.25) is 0 Å². The van der Waals surface area contributed by atoms with Crippen molar-refractivity contribution >= 4 is 11.6 Å². The van der Waals surface area contributed by atoms with Crippen molar-refractivity contribution in [1.29, 1.82) is 0 Å². The minimum atomic E-state index is -0.0851. The van der Waals surface area contributed by atoms with Crippen molar-refractivity contribution in [3.63, 3.8) is 0 Å². The van der Waals surface area contributed by atoms with Crippen molar-refractivity contribution in [2.45, 2.75) is 58.7 Å². The van der Waals surface area contributed by atoms with Gasteiger partial charge in [0.15, 0.2) is 5.65 Å². The molecule has 1 amide bonds. The van der Waals surface area contributed by atoms with Gasteiger partial charge in [0, 0.05) is 32.5 Å². The number of carbonyl (C=O) groups is 1. The highest BCUT2D eigenvalue weighted by Gasteiger charge is 2.28. The van der Waals surface area contributed by atoms with Crippen LogP contribution in [0.3, 0.4) is 0 Å². The van der Waals surface area contributed by atoms with Crippen LogP contribution >= 0.6 is 0 Å². The fraction of sp³-hybridized carbons (Fsp3) is 0.458. The number of amides is 1. The molecule has 4 heterocycles. The maximum Gasteiger partial charge on any atom is 0.277 e. The average molecular weight is 420 g/mol. The Morgan fingerprint density at radius 2 is 2.00 bits per heavy atom. The molecule has 0 spiro atoms. The molecule has 0 bridgehead atoms. The molecule has 0 saturated carbocycles. The predicted molar refractivity (Wildman–Crippen MR) is 119 cm³/mol. The van der Waals surface area contributed by atoms with Crippen LogP contribution in [0, 0.1) is 6.92 Å². The van der Waals surface area contributed by atoms with Crippen LogP contribution < -0.4 is 5.56 Å². The highest BCUT2D eigenvalue weighted by atomic mass is 16.2. The highest BCUT2D eigenvalue weighted by Crippen LogP contribution is 2.32. The van der Waals surface area contributed by atoms with Gasteiger partial charge in [0.25, 0.3) is 5.56 Å². The standard InChI is InChI=1S/C24H29N5O2/c1-16-6-8-18(9-7-16)14-28-11-4-3-5-22(28)21-13-23-25-20-10-12-27(17(2)30)15-19(20)24(31)29(23)26-21/h6-9,13,22,26H,3-5,10-12,14-15H2,1-2H3. The smallest absolute Gasteiger partial charge is 0.277 e. The summed E-state index contributed by atoms with van der Waals surface area (Å²) >= 11 is 0. The molecule has 7 heteroatoms. The number of nitrogens with one attached hydrogen (secondary N) is 1. The van der Waals surface area contributed by atoms with Crippen LogP contribution in [0.1, 0.15) is 60.3 Å². The summed E-state index contributed by atoms with van der Waals surface area (Å²) in [4.78, 5) is 34.0. The van der Waals surface area contributed by atoms with Crippen LogP contribution in [0.4, 0.5) is 0 Å². The van der Waals surface area contributed by atoms with Gasteiger partial charge in [-0.2, -0.15) is 0 Å². The Morgan fingerprint density at radius 1 is 1.19 bits per heavy atom. The summed E-state index contributed by atoms with van der Waals surface area (Å²) in [7, 11) is 0. The second-order valence-corrected chi connectivity index (χ2v) is 8.91. The fourth-order valence-electron chi connectivity index (χ4n) is 4.90. The monoisotopic (exact) mass is 419 g/mol. The number of hydrogen-bond donors (Lipinski definition) is 1. The lowest BCUT2D eigenvalue weighted by Gasteiger charge is -2.35. The van der Waals surface area contributed by atoms with Crippen LogP contribution in [-0.2, 0) is 24.3 Å². The summed E-state index contributed by atoms with van der Waals surface area (Å²) in [6, 6.07) is 11.0. The molecule has 1 fully saturated rings. The second-order valence-electron chi connectivity index (χ2n) is 8.91. The number of fused-ring (bicyclic) bond motifs is 2. The molecule has 2 aliphatic heterocycles. The van der Waals surface area contributed by atoms with E-state index in [1.54, 1.807) is 16.3 Å². The molecule has 5 rings (SSSR count). The van der Waals surface area contributed by atoms with E-state index in [0.717, 1.165) is 30.9 Å². The van der Waals surface area contributed by atoms with Crippen molar-refractivity contribution in [2.75, 3.05) is 13.1 Å². The van der Waals surface area contributed by atoms with E-state index in [-0.39, 0.29) is 17.5 Å². The van der Waals surface area contributed by atoms with E-state index in [9.17, 15) is 9.59 Å². The molecular weight excluding hydrogens is 390 g/mol. The molecule has 2 aliphatic rings. The zero-order chi connectivity index (χ0) is 21.5. The SMILES string of the molecule is CC(=O)N1CCc2nc3cc(C4CCCCN4Cc4ccc(C)cc4)[nH]n3c(=O)c2C1. The van der Waals surface area contributed by atoms with Gasteiger partial charge in [-0.3, -0.25) is 19.6 Å². The number of aryl methyl sites for hydroxylation is 1. The molecule has 1 unspecified atom stereocenters. The topological polar surface area (TPSA) is 73.7 Å². The number of likely N-dealkylation sites (tertiary alicyclic amines) is 1. The van der Waals surface area contributed by atoms with Gasteiger partial charge in [0.2, 0.25) is 5.91 Å². The molecule has 0 radical (unpaired) electrons. The minimum absolute atomic E-state index is 0.00345. The zero-order valence-corrected chi connectivity index (χ0v) is 18.2. The van der Waals surface area contributed by atoms with Crippen molar-refractivity contribution in [2.24, 2.45) is 0 Å². The van der Waals surface area contributed by atoms with E-state index >= 15 is 0 Å². The van der Waals surface area contributed by atoms with E-state index < -0.39 is 0 Å². The van der Waals surface area contributed by atoms with Crippen molar-refractivity contribution in [1.82, 2.24) is 24.4 Å². The number of piperidine rings is 1. The first-order valence-corrected chi connectivity index (χ1v) is 11.2. The van der Waals surface area contributed by atoms with Crippen molar-refractivity contribution in [3.8, 4) is 0 Å². The number of carbonyl (C=O) groups excluding carboxylic acids is 1. The third kappa shape index (κ3) is 3.78. The number of aromatic nitrogens is 3. The summed E-state index contributed by atoms with van der Waals surface area (Å²) < 4.78 is 1.57. The maximum absolute atomic E-state index is 13.2. The average Bonchev–Trinajstić information content (AvgIpc) is 3.20. The molecule has 2 aromatic heterocycles. The second kappa shape index (κ2) is 7.96. The molecule has 31 heavy (non-hydrogen) atoms. The van der Waals surface area contributed by atoms with Crippen LogP contribution in [0.15, 0.2) is 35.1 Å². The maximum atomic E-state index is 13.2. The molecule has 1 atom stereocenters. The van der Waals surface area contributed by atoms with Crippen LogP contribution in [-0.4, -0.2) is 43.4 Å². The quantitative estimate of drug-likeness (QED) is 0.708. The highest BCUT2D eigenvalue weighted by molar-refractivity contribution is 5.73. The van der Waals surface area contributed by atoms with Crippen molar-refractivity contribution in [3.05, 3.63) is 68.8 Å². The Morgan fingerprint density at radius 3 is 2.77 bits per heavy atom. The van der Waals surface area contributed by atoms with Crippen LogP contribution in [0.5, 0.6) is 0 Å². The van der Waals surface area contributed by atoms with Crippen molar-refractivity contribution < 1.29 is 4.79 Å². The Kier molecular flexibility index (Phi) is 5.14. The molecule has 1 aromatic carbocycles. The van der Waals surface area contributed by atoms with E-state index in [0.29, 0.717) is 30.7 Å². The molecule has 162 valence electrons.